The highest BCUT2D eigenvalue weighted by atomic mass is 17.2. The van der Waals surface area contributed by atoms with E-state index in [0.29, 0.717) is 6.42 Å². The molecule has 2 atom stereocenters. The molecule has 0 aliphatic carbocycles. The summed E-state index contributed by atoms with van der Waals surface area (Å²) in [4.78, 5) is 9.54. The fourth-order valence-electron chi connectivity index (χ4n) is 1.12. The molecular formula is C8H14O3. The summed E-state index contributed by atoms with van der Waals surface area (Å²) in [6.07, 6.45) is 4.14. The fraction of sp³-hybridized carbons (Fsp3) is 0.750. The van der Waals surface area contributed by atoms with Crippen LogP contribution in [0.1, 0.15) is 26.2 Å². The van der Waals surface area contributed by atoms with Crippen molar-refractivity contribution in [3.05, 3.63) is 12.7 Å². The summed E-state index contributed by atoms with van der Waals surface area (Å²) < 4.78 is 0. The van der Waals surface area contributed by atoms with Crippen LogP contribution in [0.25, 0.3) is 0 Å². The Labute approximate surface area is 66.5 Å². The highest BCUT2D eigenvalue weighted by Gasteiger charge is 2.35. The number of allylic oxidation sites excluding steroid dienone is 1. The Kier molecular flexibility index (Phi) is 2.65. The minimum atomic E-state index is -1.09. The zero-order chi connectivity index (χ0) is 8.32. The first-order valence-corrected chi connectivity index (χ1v) is 3.82. The summed E-state index contributed by atoms with van der Waals surface area (Å²) in [7, 11) is 0. The molecule has 0 radical (unpaired) electrons. The van der Waals surface area contributed by atoms with Gasteiger partial charge in [0.05, 0.1) is 6.10 Å². The van der Waals surface area contributed by atoms with E-state index in [-0.39, 0.29) is 6.10 Å². The van der Waals surface area contributed by atoms with Gasteiger partial charge in [0.15, 0.2) is 5.79 Å². The van der Waals surface area contributed by atoms with Gasteiger partial charge >= 0.3 is 0 Å². The van der Waals surface area contributed by atoms with Gasteiger partial charge < -0.3 is 5.11 Å². The van der Waals surface area contributed by atoms with Gasteiger partial charge in [-0.25, -0.2) is 9.78 Å². The van der Waals surface area contributed by atoms with Gasteiger partial charge in [0.25, 0.3) is 0 Å². The number of rotatable bonds is 3. The van der Waals surface area contributed by atoms with Crippen molar-refractivity contribution in [2.45, 2.75) is 38.1 Å². The first kappa shape index (κ1) is 8.71. The fourth-order valence-corrected chi connectivity index (χ4v) is 1.12. The van der Waals surface area contributed by atoms with Crippen LogP contribution >= 0.6 is 0 Å². The summed E-state index contributed by atoms with van der Waals surface area (Å²) in [6.45, 7) is 5.20. The van der Waals surface area contributed by atoms with Gasteiger partial charge in [-0.05, 0) is 19.8 Å². The topological polar surface area (TPSA) is 38.7 Å². The van der Waals surface area contributed by atoms with E-state index in [1.54, 1.807) is 6.92 Å². The maximum atomic E-state index is 9.29. The molecule has 1 rings (SSSR count). The summed E-state index contributed by atoms with van der Waals surface area (Å²) in [5.74, 6) is -1.09. The molecule has 1 aliphatic rings. The molecule has 1 aliphatic heterocycles. The molecule has 3 heteroatoms. The van der Waals surface area contributed by atoms with E-state index < -0.39 is 5.79 Å². The second kappa shape index (κ2) is 3.34. The summed E-state index contributed by atoms with van der Waals surface area (Å²) >= 11 is 0. The lowest BCUT2D eigenvalue weighted by atomic mass is 10.1. The van der Waals surface area contributed by atoms with E-state index in [1.807, 2.05) is 6.08 Å². The minimum absolute atomic E-state index is 0.0167. The van der Waals surface area contributed by atoms with Crippen molar-refractivity contribution in [1.82, 2.24) is 0 Å². The third-order valence-corrected chi connectivity index (χ3v) is 1.66. The third-order valence-electron chi connectivity index (χ3n) is 1.66. The molecule has 0 amide bonds. The normalized spacial score (nSPS) is 37.5. The van der Waals surface area contributed by atoms with Crippen molar-refractivity contribution in [1.29, 1.82) is 0 Å². The molecule has 1 fully saturated rings. The predicted molar refractivity (Wildman–Crippen MR) is 40.6 cm³/mol. The van der Waals surface area contributed by atoms with Crippen molar-refractivity contribution < 1.29 is 14.9 Å². The third kappa shape index (κ3) is 2.61. The molecule has 3 nitrogen and oxygen atoms in total. The van der Waals surface area contributed by atoms with E-state index in [1.165, 1.54) is 0 Å². The second-order valence-corrected chi connectivity index (χ2v) is 3.05. The van der Waals surface area contributed by atoms with E-state index in [4.69, 9.17) is 4.89 Å². The molecule has 0 unspecified atom stereocenters. The summed E-state index contributed by atoms with van der Waals surface area (Å²) in [6, 6.07) is 0. The highest BCUT2D eigenvalue weighted by molar-refractivity contribution is 4.75. The molecule has 1 saturated heterocycles. The van der Waals surface area contributed by atoms with Crippen LogP contribution in [-0.2, 0) is 9.78 Å². The van der Waals surface area contributed by atoms with Crippen LogP contribution < -0.4 is 0 Å². The van der Waals surface area contributed by atoms with Crippen LogP contribution in [0.5, 0.6) is 0 Å². The minimum Gasteiger partial charge on any atom is -0.363 e. The Morgan fingerprint density at radius 3 is 3.00 bits per heavy atom. The average Bonchev–Trinajstić information content (AvgIpc) is 2.26. The van der Waals surface area contributed by atoms with Gasteiger partial charge in [-0.3, -0.25) is 0 Å². The van der Waals surface area contributed by atoms with E-state index in [0.717, 1.165) is 12.8 Å². The zero-order valence-corrected chi connectivity index (χ0v) is 6.75. The Bertz CT molecular complexity index is 142. The van der Waals surface area contributed by atoms with Crippen LogP contribution in [0, 0.1) is 0 Å². The Hall–Kier alpha value is -0.380. The van der Waals surface area contributed by atoms with E-state index >= 15 is 0 Å². The first-order valence-electron chi connectivity index (χ1n) is 3.82. The number of aliphatic hydroxyl groups is 1. The quantitative estimate of drug-likeness (QED) is 0.498. The van der Waals surface area contributed by atoms with Crippen LogP contribution in [0.2, 0.25) is 0 Å². The molecular weight excluding hydrogens is 144 g/mol. The molecule has 0 bridgehead atoms. The van der Waals surface area contributed by atoms with Gasteiger partial charge in [0.2, 0.25) is 0 Å². The molecule has 0 aromatic heterocycles. The van der Waals surface area contributed by atoms with Crippen LogP contribution in [0.3, 0.4) is 0 Å². The Morgan fingerprint density at radius 1 is 1.82 bits per heavy atom. The van der Waals surface area contributed by atoms with Crippen LogP contribution in [0.15, 0.2) is 12.7 Å². The molecule has 0 aromatic rings. The van der Waals surface area contributed by atoms with E-state index in [9.17, 15) is 5.11 Å². The maximum absolute atomic E-state index is 9.29. The van der Waals surface area contributed by atoms with E-state index in [2.05, 4.69) is 11.5 Å². The van der Waals surface area contributed by atoms with Crippen molar-refractivity contribution in [3.8, 4) is 0 Å². The second-order valence-electron chi connectivity index (χ2n) is 3.05. The predicted octanol–water partition coefficient (Wildman–Crippen LogP) is 1.38. The average molecular weight is 158 g/mol. The summed E-state index contributed by atoms with van der Waals surface area (Å²) in [5.41, 5.74) is 0. The Morgan fingerprint density at radius 2 is 2.55 bits per heavy atom. The lowest BCUT2D eigenvalue weighted by molar-refractivity contribution is -0.372. The van der Waals surface area contributed by atoms with Gasteiger partial charge in [-0.15, -0.1) is 6.58 Å². The lowest BCUT2D eigenvalue weighted by Crippen LogP contribution is -2.21. The van der Waals surface area contributed by atoms with Gasteiger partial charge in [-0.1, -0.05) is 6.08 Å². The van der Waals surface area contributed by atoms with Crippen molar-refractivity contribution in [2.24, 2.45) is 0 Å². The van der Waals surface area contributed by atoms with Gasteiger partial charge in [-0.2, -0.15) is 0 Å². The molecule has 64 valence electrons. The van der Waals surface area contributed by atoms with Crippen LogP contribution in [0.4, 0.5) is 0 Å². The molecule has 1 N–H and O–H groups in total. The van der Waals surface area contributed by atoms with Crippen molar-refractivity contribution in [2.75, 3.05) is 0 Å². The zero-order valence-electron chi connectivity index (χ0n) is 6.75. The van der Waals surface area contributed by atoms with Gasteiger partial charge in [0, 0.05) is 6.42 Å². The molecule has 0 saturated carbocycles. The molecule has 0 spiro atoms. The summed E-state index contributed by atoms with van der Waals surface area (Å²) in [5, 5.41) is 9.29. The lowest BCUT2D eigenvalue weighted by Gasteiger charge is -2.09. The molecule has 11 heavy (non-hydrogen) atoms. The smallest absolute Gasteiger partial charge is 0.198 e. The molecule has 1 heterocycles. The standard InChI is InChI=1S/C8H14O3/c1-3-4-5-7-6-8(2,9)11-10-7/h3,7,9H,1,4-6H2,2H3/t7-,8+/m1/s1. The number of hydrogen-bond acceptors (Lipinski definition) is 3. The highest BCUT2D eigenvalue weighted by Crippen LogP contribution is 2.27. The largest absolute Gasteiger partial charge is 0.363 e. The monoisotopic (exact) mass is 158 g/mol. The maximum Gasteiger partial charge on any atom is 0.198 e. The van der Waals surface area contributed by atoms with Gasteiger partial charge in [0.1, 0.15) is 0 Å². The first-order chi connectivity index (χ1) is 5.14. The Balaban J connectivity index is 2.24. The SMILES string of the molecule is C=CCC[C@@H]1C[C@@](C)(O)OO1. The molecule has 0 aromatic carbocycles. The number of hydrogen-bond donors (Lipinski definition) is 1. The van der Waals surface area contributed by atoms with Crippen LogP contribution in [-0.4, -0.2) is 17.0 Å². The van der Waals surface area contributed by atoms with Crippen molar-refractivity contribution in [3.63, 3.8) is 0 Å². The van der Waals surface area contributed by atoms with Crippen molar-refractivity contribution >= 4 is 0 Å².